The lowest BCUT2D eigenvalue weighted by molar-refractivity contribution is -0.147. The van der Waals surface area contributed by atoms with Gasteiger partial charge in [-0.05, 0) is 12.1 Å². The first-order valence-corrected chi connectivity index (χ1v) is 4.76. The van der Waals surface area contributed by atoms with E-state index < -0.39 is 17.9 Å². The Kier molecular flexibility index (Phi) is 4.52. The first-order chi connectivity index (χ1) is 7.54. The minimum absolute atomic E-state index is 0.0221. The smallest absolute Gasteiger partial charge is 0.347 e. The van der Waals surface area contributed by atoms with Crippen molar-refractivity contribution in [3.05, 3.63) is 29.0 Å². The third-order valence-corrected chi connectivity index (χ3v) is 2.07. The zero-order chi connectivity index (χ0) is 12.1. The number of benzene rings is 1. The molecular formula is C10H10ClFO4. The van der Waals surface area contributed by atoms with Gasteiger partial charge < -0.3 is 14.6 Å². The van der Waals surface area contributed by atoms with Crippen LogP contribution in [-0.4, -0.2) is 30.9 Å². The van der Waals surface area contributed by atoms with Gasteiger partial charge in [0.2, 0.25) is 6.10 Å². The van der Waals surface area contributed by atoms with Crippen molar-refractivity contribution in [2.45, 2.75) is 6.10 Å². The summed E-state index contributed by atoms with van der Waals surface area (Å²) in [5, 5.41) is 8.93. The molecule has 0 saturated carbocycles. The highest BCUT2D eigenvalue weighted by atomic mass is 35.5. The van der Waals surface area contributed by atoms with Crippen LogP contribution in [0.2, 0.25) is 5.02 Å². The van der Waals surface area contributed by atoms with E-state index in [0.717, 1.165) is 12.1 Å². The SMILES string of the molecule is COCC(Oc1cc(F)ccc1Cl)C(=O)O. The second kappa shape index (κ2) is 5.67. The summed E-state index contributed by atoms with van der Waals surface area (Å²) in [6, 6.07) is 3.47. The summed E-state index contributed by atoms with van der Waals surface area (Å²) < 4.78 is 22.6. The maximum atomic E-state index is 12.9. The molecule has 0 fully saturated rings. The van der Waals surface area contributed by atoms with Crippen LogP contribution in [0.15, 0.2) is 18.2 Å². The van der Waals surface area contributed by atoms with Crippen molar-refractivity contribution >= 4 is 17.6 Å². The summed E-state index contributed by atoms with van der Waals surface area (Å²) in [7, 11) is 1.34. The molecule has 4 nitrogen and oxygen atoms in total. The van der Waals surface area contributed by atoms with Crippen molar-refractivity contribution in [2.24, 2.45) is 0 Å². The molecule has 1 aromatic rings. The molecule has 0 aromatic heterocycles. The normalized spacial score (nSPS) is 12.2. The summed E-state index contributed by atoms with van der Waals surface area (Å²) in [5.41, 5.74) is 0. The fourth-order valence-electron chi connectivity index (χ4n) is 1.03. The molecule has 0 amide bonds. The van der Waals surface area contributed by atoms with E-state index in [1.165, 1.54) is 13.2 Å². The first-order valence-electron chi connectivity index (χ1n) is 4.38. The molecule has 1 aromatic carbocycles. The number of halogens is 2. The van der Waals surface area contributed by atoms with E-state index in [1.54, 1.807) is 0 Å². The molecule has 1 rings (SSSR count). The van der Waals surface area contributed by atoms with Crippen LogP contribution in [0.4, 0.5) is 4.39 Å². The van der Waals surface area contributed by atoms with Gasteiger partial charge in [-0.3, -0.25) is 0 Å². The summed E-state index contributed by atoms with van der Waals surface area (Å²) in [4.78, 5) is 10.7. The van der Waals surface area contributed by atoms with Crippen molar-refractivity contribution in [3.8, 4) is 5.75 Å². The van der Waals surface area contributed by atoms with Crippen LogP contribution in [0.25, 0.3) is 0 Å². The monoisotopic (exact) mass is 248 g/mol. The fourth-order valence-corrected chi connectivity index (χ4v) is 1.19. The van der Waals surface area contributed by atoms with Gasteiger partial charge in [0.05, 0.1) is 11.6 Å². The zero-order valence-corrected chi connectivity index (χ0v) is 9.20. The highest BCUT2D eigenvalue weighted by Gasteiger charge is 2.20. The topological polar surface area (TPSA) is 55.8 Å². The number of methoxy groups -OCH3 is 1. The minimum Gasteiger partial charge on any atom is -0.478 e. The molecule has 0 heterocycles. The number of hydrogen-bond acceptors (Lipinski definition) is 3. The van der Waals surface area contributed by atoms with E-state index in [9.17, 15) is 9.18 Å². The number of aliphatic carboxylic acids is 1. The van der Waals surface area contributed by atoms with Crippen LogP contribution >= 0.6 is 11.6 Å². The Morgan fingerprint density at radius 2 is 2.31 bits per heavy atom. The van der Waals surface area contributed by atoms with E-state index in [4.69, 9.17) is 21.4 Å². The lowest BCUT2D eigenvalue weighted by Gasteiger charge is -2.15. The molecule has 0 aliphatic carbocycles. The largest absolute Gasteiger partial charge is 0.478 e. The van der Waals surface area contributed by atoms with Crippen LogP contribution < -0.4 is 4.74 Å². The van der Waals surface area contributed by atoms with Crippen LogP contribution in [-0.2, 0) is 9.53 Å². The van der Waals surface area contributed by atoms with E-state index in [1.807, 2.05) is 0 Å². The predicted molar refractivity (Wildman–Crippen MR) is 55.3 cm³/mol. The predicted octanol–water partition coefficient (Wildman–Crippen LogP) is 1.96. The molecule has 0 aliphatic heterocycles. The van der Waals surface area contributed by atoms with Gasteiger partial charge in [0.25, 0.3) is 0 Å². The Morgan fingerprint density at radius 1 is 1.62 bits per heavy atom. The average Bonchev–Trinajstić information content (AvgIpc) is 2.22. The number of hydrogen-bond donors (Lipinski definition) is 1. The van der Waals surface area contributed by atoms with Crippen molar-refractivity contribution in [3.63, 3.8) is 0 Å². The van der Waals surface area contributed by atoms with E-state index >= 15 is 0 Å². The third kappa shape index (κ3) is 3.36. The average molecular weight is 249 g/mol. The standard InChI is InChI=1S/C10H10ClFO4/c1-15-5-9(10(13)14)16-8-4-6(12)2-3-7(8)11/h2-4,9H,5H2,1H3,(H,13,14). The van der Waals surface area contributed by atoms with Crippen molar-refractivity contribution in [1.82, 2.24) is 0 Å². The van der Waals surface area contributed by atoms with E-state index in [-0.39, 0.29) is 17.4 Å². The summed E-state index contributed by atoms with van der Waals surface area (Å²) in [5.74, 6) is -1.78. The van der Waals surface area contributed by atoms with Gasteiger partial charge in [0, 0.05) is 13.2 Å². The van der Waals surface area contributed by atoms with Crippen molar-refractivity contribution in [1.29, 1.82) is 0 Å². The number of rotatable bonds is 5. The first kappa shape index (κ1) is 12.7. The molecule has 0 radical (unpaired) electrons. The van der Waals surface area contributed by atoms with Gasteiger partial charge >= 0.3 is 5.97 Å². The maximum Gasteiger partial charge on any atom is 0.347 e. The molecule has 1 atom stereocenters. The summed E-state index contributed by atoms with van der Waals surface area (Å²) in [6.45, 7) is -0.151. The third-order valence-electron chi connectivity index (χ3n) is 1.76. The van der Waals surface area contributed by atoms with Gasteiger partial charge in [-0.1, -0.05) is 11.6 Å². The number of carbonyl (C=O) groups is 1. The molecule has 0 bridgehead atoms. The van der Waals surface area contributed by atoms with E-state index in [2.05, 4.69) is 4.74 Å². The van der Waals surface area contributed by atoms with Gasteiger partial charge in [0.15, 0.2) is 0 Å². The van der Waals surface area contributed by atoms with Crippen LogP contribution in [0.1, 0.15) is 0 Å². The zero-order valence-electron chi connectivity index (χ0n) is 8.44. The van der Waals surface area contributed by atoms with E-state index in [0.29, 0.717) is 0 Å². The van der Waals surface area contributed by atoms with Crippen LogP contribution in [0.5, 0.6) is 5.75 Å². The van der Waals surface area contributed by atoms with Crippen molar-refractivity contribution < 1.29 is 23.8 Å². The Morgan fingerprint density at radius 3 is 2.88 bits per heavy atom. The molecule has 0 aliphatic rings. The quantitative estimate of drug-likeness (QED) is 0.865. The highest BCUT2D eigenvalue weighted by Crippen LogP contribution is 2.26. The molecule has 0 spiro atoms. The van der Waals surface area contributed by atoms with Gasteiger partial charge in [-0.25, -0.2) is 9.18 Å². The molecule has 1 N–H and O–H groups in total. The number of carboxylic acids is 1. The Bertz CT molecular complexity index is 383. The minimum atomic E-state index is -1.22. The molecule has 88 valence electrons. The molecular weight excluding hydrogens is 239 g/mol. The second-order valence-electron chi connectivity index (χ2n) is 2.97. The molecule has 1 unspecified atom stereocenters. The summed E-state index contributed by atoms with van der Waals surface area (Å²) >= 11 is 5.72. The number of carboxylic acid groups (broad SMARTS) is 1. The Hall–Kier alpha value is -1.33. The van der Waals surface area contributed by atoms with Gasteiger partial charge in [-0.15, -0.1) is 0 Å². The van der Waals surface area contributed by atoms with Crippen LogP contribution in [0, 0.1) is 5.82 Å². The molecule has 0 saturated heterocycles. The van der Waals surface area contributed by atoms with Gasteiger partial charge in [0.1, 0.15) is 11.6 Å². The molecule has 6 heteroatoms. The number of ether oxygens (including phenoxy) is 2. The Labute approximate surface area is 96.5 Å². The van der Waals surface area contributed by atoms with Crippen molar-refractivity contribution in [2.75, 3.05) is 13.7 Å². The van der Waals surface area contributed by atoms with Gasteiger partial charge in [-0.2, -0.15) is 0 Å². The molecule has 16 heavy (non-hydrogen) atoms. The lowest BCUT2D eigenvalue weighted by atomic mass is 10.3. The Balaban J connectivity index is 2.84. The maximum absolute atomic E-state index is 12.9. The fraction of sp³-hybridized carbons (Fsp3) is 0.300. The highest BCUT2D eigenvalue weighted by molar-refractivity contribution is 6.32. The lowest BCUT2D eigenvalue weighted by Crippen LogP contribution is -2.31. The van der Waals surface area contributed by atoms with Crippen LogP contribution in [0.3, 0.4) is 0 Å². The summed E-state index contributed by atoms with van der Waals surface area (Å²) in [6.07, 6.45) is -1.22. The second-order valence-corrected chi connectivity index (χ2v) is 3.38.